The number of amides is 1. The summed E-state index contributed by atoms with van der Waals surface area (Å²) in [5.41, 5.74) is -0.164. The summed E-state index contributed by atoms with van der Waals surface area (Å²) >= 11 is 6.86. The molecule has 10 heteroatoms. The van der Waals surface area contributed by atoms with Crippen LogP contribution in [-0.2, 0) is 9.59 Å². The van der Waals surface area contributed by atoms with E-state index in [-0.39, 0.29) is 33.9 Å². The van der Waals surface area contributed by atoms with Gasteiger partial charge in [0.25, 0.3) is 5.69 Å². The van der Waals surface area contributed by atoms with Gasteiger partial charge in [-0.2, -0.15) is 0 Å². The van der Waals surface area contributed by atoms with E-state index in [4.69, 9.17) is 16.7 Å². The van der Waals surface area contributed by atoms with Gasteiger partial charge < -0.3 is 10.4 Å². The first kappa shape index (κ1) is 17.2. The van der Waals surface area contributed by atoms with Crippen LogP contribution < -0.4 is 5.32 Å². The molecule has 1 amide bonds. The molecule has 0 saturated carbocycles. The van der Waals surface area contributed by atoms with E-state index in [2.05, 4.69) is 10.3 Å². The minimum atomic E-state index is -0.918. The van der Waals surface area contributed by atoms with Crippen LogP contribution in [0.2, 0.25) is 5.02 Å². The summed E-state index contributed by atoms with van der Waals surface area (Å²) in [4.78, 5) is 36.8. The Balaban J connectivity index is 2.11. The summed E-state index contributed by atoms with van der Waals surface area (Å²) in [6.07, 6.45) is 0.749. The number of benzene rings is 1. The Bertz CT molecular complexity index is 694. The van der Waals surface area contributed by atoms with Gasteiger partial charge in [0.15, 0.2) is 5.17 Å². The normalized spacial score (nSPS) is 18.9. The molecule has 0 bridgehead atoms. The number of hydrogen-bond acceptors (Lipinski definition) is 6. The lowest BCUT2D eigenvalue weighted by atomic mass is 10.2. The molecule has 2 N–H and O–H groups in total. The number of nitro benzene ring substituents is 1. The minimum Gasteiger partial charge on any atom is -0.481 e. The molecule has 1 aromatic rings. The first-order chi connectivity index (χ1) is 10.9. The van der Waals surface area contributed by atoms with Gasteiger partial charge in [-0.3, -0.25) is 19.7 Å². The van der Waals surface area contributed by atoms with E-state index in [0.717, 1.165) is 11.8 Å². The van der Waals surface area contributed by atoms with Crippen LogP contribution in [0.25, 0.3) is 0 Å². The van der Waals surface area contributed by atoms with Crippen molar-refractivity contribution in [1.82, 2.24) is 5.32 Å². The SMILES string of the molecule is O=C(O)CCCC1SC(=Nc2ccc(Cl)cc2[N+](=O)[O-])NC1=O. The average Bonchev–Trinajstić information content (AvgIpc) is 2.80. The molecule has 1 fully saturated rings. The van der Waals surface area contributed by atoms with Crippen molar-refractivity contribution in [2.24, 2.45) is 4.99 Å². The first-order valence-electron chi connectivity index (χ1n) is 6.59. The molecule has 122 valence electrons. The Morgan fingerprint density at radius 2 is 2.26 bits per heavy atom. The maximum Gasteiger partial charge on any atom is 0.303 e. The maximum atomic E-state index is 11.8. The molecule has 1 aliphatic rings. The monoisotopic (exact) mass is 357 g/mol. The number of halogens is 1. The molecule has 0 aromatic heterocycles. The van der Waals surface area contributed by atoms with Crippen LogP contribution in [0.4, 0.5) is 11.4 Å². The molecule has 0 spiro atoms. The highest BCUT2D eigenvalue weighted by Crippen LogP contribution is 2.33. The molecule has 1 unspecified atom stereocenters. The highest BCUT2D eigenvalue weighted by atomic mass is 35.5. The summed E-state index contributed by atoms with van der Waals surface area (Å²) in [6, 6.07) is 4.06. The predicted octanol–water partition coefficient (Wildman–Crippen LogP) is 2.72. The molecule has 0 radical (unpaired) electrons. The molecule has 1 saturated heterocycles. The number of hydrogen-bond donors (Lipinski definition) is 2. The number of amidine groups is 1. The molecule has 1 heterocycles. The van der Waals surface area contributed by atoms with Crippen LogP contribution in [0.3, 0.4) is 0 Å². The Kier molecular flexibility index (Phi) is 5.56. The second-order valence-corrected chi connectivity index (χ2v) is 6.32. The second kappa shape index (κ2) is 7.42. The van der Waals surface area contributed by atoms with Gasteiger partial charge >= 0.3 is 5.97 Å². The molecular weight excluding hydrogens is 346 g/mol. The number of aliphatic carboxylic acids is 1. The number of nitrogens with zero attached hydrogens (tertiary/aromatic N) is 2. The van der Waals surface area contributed by atoms with Crippen molar-refractivity contribution < 1.29 is 19.6 Å². The van der Waals surface area contributed by atoms with E-state index in [9.17, 15) is 19.7 Å². The lowest BCUT2D eigenvalue weighted by Crippen LogP contribution is -2.24. The number of nitrogens with one attached hydrogen (secondary N) is 1. The number of rotatable bonds is 6. The molecule has 0 aliphatic carbocycles. The van der Waals surface area contributed by atoms with Crippen LogP contribution in [-0.4, -0.2) is 32.3 Å². The zero-order valence-electron chi connectivity index (χ0n) is 11.7. The largest absolute Gasteiger partial charge is 0.481 e. The van der Waals surface area contributed by atoms with E-state index in [0.29, 0.717) is 12.8 Å². The number of carboxylic acid groups (broad SMARTS) is 1. The molecular formula is C13H12ClN3O5S. The van der Waals surface area contributed by atoms with Crippen molar-refractivity contribution in [2.75, 3.05) is 0 Å². The minimum absolute atomic E-state index is 0.0144. The number of carboxylic acids is 1. The Morgan fingerprint density at radius 1 is 1.52 bits per heavy atom. The second-order valence-electron chi connectivity index (χ2n) is 4.69. The number of carbonyl (C=O) groups excluding carboxylic acids is 1. The summed E-state index contributed by atoms with van der Waals surface area (Å²) in [7, 11) is 0. The van der Waals surface area contributed by atoms with E-state index in [1.807, 2.05) is 0 Å². The lowest BCUT2D eigenvalue weighted by molar-refractivity contribution is -0.384. The highest BCUT2D eigenvalue weighted by molar-refractivity contribution is 8.15. The quantitative estimate of drug-likeness (QED) is 0.596. The Labute approximate surface area is 140 Å². The topological polar surface area (TPSA) is 122 Å². The lowest BCUT2D eigenvalue weighted by Gasteiger charge is -2.02. The van der Waals surface area contributed by atoms with Crippen molar-refractivity contribution >= 4 is 51.8 Å². The standard InChI is InChI=1S/C13H12ClN3O5S/c14-7-4-5-8(9(6-7)17(21)22)15-13-16-12(20)10(23-13)2-1-3-11(18)19/h4-6,10H,1-3H2,(H,18,19)(H,15,16,20). The smallest absolute Gasteiger partial charge is 0.303 e. The van der Waals surface area contributed by atoms with Gasteiger partial charge in [0.1, 0.15) is 5.69 Å². The number of aliphatic imine (C=N–C) groups is 1. The Morgan fingerprint density at radius 3 is 2.91 bits per heavy atom. The van der Waals surface area contributed by atoms with Crippen LogP contribution >= 0.6 is 23.4 Å². The van der Waals surface area contributed by atoms with Crippen molar-refractivity contribution in [3.63, 3.8) is 0 Å². The predicted molar refractivity (Wildman–Crippen MR) is 86.2 cm³/mol. The molecule has 2 rings (SSSR count). The van der Waals surface area contributed by atoms with Gasteiger partial charge in [-0.05, 0) is 25.0 Å². The van der Waals surface area contributed by atoms with E-state index in [1.54, 1.807) is 0 Å². The van der Waals surface area contributed by atoms with Gasteiger partial charge in [-0.15, -0.1) is 0 Å². The fraction of sp³-hybridized carbons (Fsp3) is 0.308. The van der Waals surface area contributed by atoms with Crippen LogP contribution in [0.5, 0.6) is 0 Å². The van der Waals surface area contributed by atoms with E-state index >= 15 is 0 Å². The van der Waals surface area contributed by atoms with E-state index in [1.165, 1.54) is 18.2 Å². The summed E-state index contributed by atoms with van der Waals surface area (Å²) in [6.45, 7) is 0. The summed E-state index contributed by atoms with van der Waals surface area (Å²) < 4.78 is 0. The highest BCUT2D eigenvalue weighted by Gasteiger charge is 2.30. The fourth-order valence-corrected chi connectivity index (χ4v) is 3.13. The molecule has 23 heavy (non-hydrogen) atoms. The van der Waals surface area contributed by atoms with Gasteiger partial charge in [-0.1, -0.05) is 23.4 Å². The first-order valence-corrected chi connectivity index (χ1v) is 7.84. The summed E-state index contributed by atoms with van der Waals surface area (Å²) in [5, 5.41) is 22.2. The summed E-state index contributed by atoms with van der Waals surface area (Å²) in [5.74, 6) is -1.20. The van der Waals surface area contributed by atoms with Crippen molar-refractivity contribution in [2.45, 2.75) is 24.5 Å². The number of thioether (sulfide) groups is 1. The van der Waals surface area contributed by atoms with Crippen molar-refractivity contribution in [1.29, 1.82) is 0 Å². The zero-order valence-corrected chi connectivity index (χ0v) is 13.3. The molecule has 1 atom stereocenters. The fourth-order valence-electron chi connectivity index (χ4n) is 1.93. The zero-order chi connectivity index (χ0) is 17.0. The van der Waals surface area contributed by atoms with Gasteiger partial charge in [0.05, 0.1) is 10.2 Å². The number of nitro groups is 1. The van der Waals surface area contributed by atoms with Gasteiger partial charge in [-0.25, -0.2) is 4.99 Å². The molecule has 8 nitrogen and oxygen atoms in total. The van der Waals surface area contributed by atoms with Crippen LogP contribution in [0.1, 0.15) is 19.3 Å². The van der Waals surface area contributed by atoms with Gasteiger partial charge in [0.2, 0.25) is 5.91 Å². The number of carbonyl (C=O) groups is 2. The molecule has 1 aromatic carbocycles. The average molecular weight is 358 g/mol. The van der Waals surface area contributed by atoms with E-state index < -0.39 is 16.1 Å². The molecule has 1 aliphatic heterocycles. The third-order valence-electron chi connectivity index (χ3n) is 2.99. The van der Waals surface area contributed by atoms with Crippen LogP contribution in [0.15, 0.2) is 23.2 Å². The van der Waals surface area contributed by atoms with Crippen molar-refractivity contribution in [3.05, 3.63) is 33.3 Å². The Hall–Kier alpha value is -2.13. The third kappa shape index (κ3) is 4.67. The van der Waals surface area contributed by atoms with Crippen molar-refractivity contribution in [3.8, 4) is 0 Å². The third-order valence-corrected chi connectivity index (χ3v) is 4.38. The van der Waals surface area contributed by atoms with Crippen LogP contribution in [0, 0.1) is 10.1 Å². The van der Waals surface area contributed by atoms with Gasteiger partial charge in [0, 0.05) is 17.5 Å². The maximum absolute atomic E-state index is 11.8.